The number of carbonyl (C=O) groups is 2. The van der Waals surface area contributed by atoms with Crippen molar-refractivity contribution in [2.24, 2.45) is 0 Å². The van der Waals surface area contributed by atoms with Gasteiger partial charge in [0.15, 0.2) is 6.61 Å². The van der Waals surface area contributed by atoms with Crippen LogP contribution in [-0.4, -0.2) is 49.9 Å². The van der Waals surface area contributed by atoms with Crippen molar-refractivity contribution in [3.8, 4) is 5.75 Å². The Morgan fingerprint density at radius 2 is 1.61 bits per heavy atom. The van der Waals surface area contributed by atoms with Gasteiger partial charge in [0.05, 0.1) is 0 Å². The van der Waals surface area contributed by atoms with Crippen LogP contribution in [0.25, 0.3) is 10.8 Å². The number of carbonyl (C=O) groups excluding carboxylic acids is 2. The van der Waals surface area contributed by atoms with Gasteiger partial charge in [-0.2, -0.15) is 0 Å². The lowest BCUT2D eigenvalue weighted by molar-refractivity contribution is -0.133. The van der Waals surface area contributed by atoms with E-state index in [0.29, 0.717) is 24.4 Å². The van der Waals surface area contributed by atoms with E-state index >= 15 is 0 Å². The van der Waals surface area contributed by atoms with Crippen molar-refractivity contribution in [1.29, 1.82) is 0 Å². The summed E-state index contributed by atoms with van der Waals surface area (Å²) in [6.45, 7) is 2.90. The molecule has 0 N–H and O–H groups in total. The molecule has 5 heteroatoms. The lowest BCUT2D eigenvalue weighted by atomic mass is 10.1. The molecule has 1 saturated heterocycles. The smallest absolute Gasteiger partial charge is 0.260 e. The molecule has 1 aliphatic rings. The first-order valence-corrected chi connectivity index (χ1v) is 9.42. The summed E-state index contributed by atoms with van der Waals surface area (Å²) in [6.07, 6.45) is 0.843. The van der Waals surface area contributed by atoms with Crippen LogP contribution in [0.1, 0.15) is 10.4 Å². The number of amides is 1. The van der Waals surface area contributed by atoms with Crippen LogP contribution in [-0.2, 0) is 4.79 Å². The third-order valence-electron chi connectivity index (χ3n) is 5.11. The number of rotatable bonds is 5. The average molecular weight is 374 g/mol. The van der Waals surface area contributed by atoms with Gasteiger partial charge in [0.1, 0.15) is 12.0 Å². The van der Waals surface area contributed by atoms with Crippen LogP contribution in [0.4, 0.5) is 5.69 Å². The zero-order valence-electron chi connectivity index (χ0n) is 15.6. The molecule has 4 rings (SSSR count). The van der Waals surface area contributed by atoms with Crippen LogP contribution in [0, 0.1) is 0 Å². The molecule has 0 aromatic heterocycles. The fraction of sp³-hybridized carbons (Fsp3) is 0.217. The molecule has 0 atom stereocenters. The second kappa shape index (κ2) is 8.13. The Balaban J connectivity index is 1.30. The first-order chi connectivity index (χ1) is 13.7. The van der Waals surface area contributed by atoms with Crippen molar-refractivity contribution >= 4 is 28.7 Å². The highest BCUT2D eigenvalue weighted by Crippen LogP contribution is 2.21. The minimum Gasteiger partial charge on any atom is -0.484 e. The minimum absolute atomic E-state index is 0.00381. The molecule has 1 heterocycles. The summed E-state index contributed by atoms with van der Waals surface area (Å²) in [5.74, 6) is 0.713. The van der Waals surface area contributed by atoms with Crippen LogP contribution in [0.5, 0.6) is 5.75 Å². The van der Waals surface area contributed by atoms with Crippen LogP contribution < -0.4 is 9.64 Å². The quantitative estimate of drug-likeness (QED) is 0.643. The van der Waals surface area contributed by atoms with Gasteiger partial charge < -0.3 is 14.5 Å². The number of nitrogens with zero attached hydrogens (tertiary/aromatic N) is 2. The molecule has 3 aromatic carbocycles. The van der Waals surface area contributed by atoms with E-state index in [1.54, 1.807) is 0 Å². The van der Waals surface area contributed by atoms with E-state index in [9.17, 15) is 9.59 Å². The van der Waals surface area contributed by atoms with E-state index in [4.69, 9.17) is 4.74 Å². The lowest BCUT2D eigenvalue weighted by Crippen LogP contribution is -2.50. The predicted octanol–water partition coefficient (Wildman–Crippen LogP) is 3.38. The Morgan fingerprint density at radius 3 is 2.32 bits per heavy atom. The van der Waals surface area contributed by atoms with Crippen molar-refractivity contribution in [2.45, 2.75) is 0 Å². The summed E-state index contributed by atoms with van der Waals surface area (Å²) >= 11 is 0. The van der Waals surface area contributed by atoms with Gasteiger partial charge in [0.2, 0.25) is 0 Å². The molecule has 0 radical (unpaired) electrons. The Morgan fingerprint density at radius 1 is 0.893 bits per heavy atom. The summed E-state index contributed by atoms with van der Waals surface area (Å²) in [5, 5.41) is 2.25. The summed E-state index contributed by atoms with van der Waals surface area (Å²) in [7, 11) is 0. The van der Waals surface area contributed by atoms with Gasteiger partial charge in [-0.25, -0.2) is 0 Å². The summed E-state index contributed by atoms with van der Waals surface area (Å²) in [5.41, 5.74) is 1.74. The summed E-state index contributed by atoms with van der Waals surface area (Å²) < 4.78 is 5.73. The van der Waals surface area contributed by atoms with Crippen molar-refractivity contribution in [1.82, 2.24) is 4.90 Å². The zero-order chi connectivity index (χ0) is 19.3. The highest BCUT2D eigenvalue weighted by molar-refractivity contribution is 5.84. The third-order valence-corrected chi connectivity index (χ3v) is 5.11. The Labute approximate surface area is 164 Å². The van der Waals surface area contributed by atoms with Gasteiger partial charge in [-0.05, 0) is 47.2 Å². The van der Waals surface area contributed by atoms with E-state index in [2.05, 4.69) is 11.0 Å². The molecule has 1 fully saturated rings. The molecule has 0 spiro atoms. The van der Waals surface area contributed by atoms with Crippen molar-refractivity contribution in [3.05, 3.63) is 72.3 Å². The number of aldehydes is 1. The average Bonchev–Trinajstić information content (AvgIpc) is 2.77. The molecule has 5 nitrogen and oxygen atoms in total. The summed E-state index contributed by atoms with van der Waals surface area (Å²) in [4.78, 5) is 27.3. The molecular weight excluding hydrogens is 352 g/mol. The maximum Gasteiger partial charge on any atom is 0.260 e. The van der Waals surface area contributed by atoms with Crippen LogP contribution in [0.2, 0.25) is 0 Å². The molecule has 0 aliphatic carbocycles. The number of hydrogen-bond donors (Lipinski definition) is 0. The molecule has 0 unspecified atom stereocenters. The fourth-order valence-electron chi connectivity index (χ4n) is 3.47. The molecule has 1 aliphatic heterocycles. The van der Waals surface area contributed by atoms with E-state index in [1.807, 2.05) is 65.6 Å². The van der Waals surface area contributed by atoms with Gasteiger partial charge in [0, 0.05) is 37.4 Å². The number of fused-ring (bicyclic) bond motifs is 1. The van der Waals surface area contributed by atoms with E-state index < -0.39 is 0 Å². The normalized spacial score (nSPS) is 14.1. The topological polar surface area (TPSA) is 49.9 Å². The molecule has 3 aromatic rings. The van der Waals surface area contributed by atoms with E-state index in [-0.39, 0.29) is 12.5 Å². The van der Waals surface area contributed by atoms with Crippen LogP contribution in [0.3, 0.4) is 0 Å². The molecule has 142 valence electrons. The highest BCUT2D eigenvalue weighted by atomic mass is 16.5. The standard InChI is InChI=1S/C23H22N2O3/c26-16-18-5-8-21(9-6-18)24-11-13-25(14-12-24)23(27)17-28-22-10-7-19-3-1-2-4-20(19)15-22/h1-10,15-16H,11-14,17H2. The van der Waals surface area contributed by atoms with Crippen molar-refractivity contribution in [2.75, 3.05) is 37.7 Å². The highest BCUT2D eigenvalue weighted by Gasteiger charge is 2.21. The Hall–Kier alpha value is -3.34. The van der Waals surface area contributed by atoms with Gasteiger partial charge in [-0.15, -0.1) is 0 Å². The zero-order valence-corrected chi connectivity index (χ0v) is 15.6. The second-order valence-corrected chi connectivity index (χ2v) is 6.87. The molecule has 28 heavy (non-hydrogen) atoms. The number of benzene rings is 3. The predicted molar refractivity (Wildman–Crippen MR) is 110 cm³/mol. The van der Waals surface area contributed by atoms with Gasteiger partial charge in [-0.3, -0.25) is 9.59 Å². The molecule has 0 saturated carbocycles. The minimum atomic E-state index is 0.00381. The van der Waals surface area contributed by atoms with Gasteiger partial charge >= 0.3 is 0 Å². The van der Waals surface area contributed by atoms with E-state index in [1.165, 1.54) is 0 Å². The summed E-state index contributed by atoms with van der Waals surface area (Å²) in [6, 6.07) is 21.5. The number of piperazine rings is 1. The largest absolute Gasteiger partial charge is 0.484 e. The van der Waals surface area contributed by atoms with Gasteiger partial charge in [0.25, 0.3) is 5.91 Å². The molecule has 1 amide bonds. The number of hydrogen-bond acceptors (Lipinski definition) is 4. The Kier molecular flexibility index (Phi) is 5.24. The third kappa shape index (κ3) is 3.98. The van der Waals surface area contributed by atoms with Crippen LogP contribution >= 0.6 is 0 Å². The first kappa shape index (κ1) is 18.0. The Bertz CT molecular complexity index is 977. The van der Waals surface area contributed by atoms with E-state index in [0.717, 1.165) is 35.8 Å². The molecule has 0 bridgehead atoms. The number of anilines is 1. The van der Waals surface area contributed by atoms with Crippen LogP contribution in [0.15, 0.2) is 66.7 Å². The van der Waals surface area contributed by atoms with Crippen molar-refractivity contribution < 1.29 is 14.3 Å². The SMILES string of the molecule is O=Cc1ccc(N2CCN(C(=O)COc3ccc4ccccc4c3)CC2)cc1. The maximum atomic E-state index is 12.5. The molecular formula is C23H22N2O3. The number of ether oxygens (including phenoxy) is 1. The van der Waals surface area contributed by atoms with Gasteiger partial charge in [-0.1, -0.05) is 30.3 Å². The first-order valence-electron chi connectivity index (χ1n) is 9.42. The second-order valence-electron chi connectivity index (χ2n) is 6.87. The lowest BCUT2D eigenvalue weighted by Gasteiger charge is -2.36. The monoisotopic (exact) mass is 374 g/mol. The van der Waals surface area contributed by atoms with Crippen molar-refractivity contribution in [3.63, 3.8) is 0 Å². The fourth-order valence-corrected chi connectivity index (χ4v) is 3.47. The maximum absolute atomic E-state index is 12.5.